The predicted molar refractivity (Wildman–Crippen MR) is 105 cm³/mol. The molecular formula is C20H20BrNO4. The van der Waals surface area contributed by atoms with Crippen molar-refractivity contribution in [3.05, 3.63) is 63.6 Å². The van der Waals surface area contributed by atoms with E-state index in [9.17, 15) is 9.59 Å². The molecule has 0 aromatic heterocycles. The molecule has 0 spiro atoms. The van der Waals surface area contributed by atoms with Crippen LogP contribution in [0.25, 0.3) is 6.08 Å². The highest BCUT2D eigenvalue weighted by atomic mass is 79.9. The van der Waals surface area contributed by atoms with E-state index in [0.717, 1.165) is 21.2 Å². The van der Waals surface area contributed by atoms with Gasteiger partial charge < -0.3 is 14.8 Å². The third-order valence-corrected chi connectivity index (χ3v) is 4.10. The Bertz CT molecular complexity index is 846. The van der Waals surface area contributed by atoms with Gasteiger partial charge in [-0.3, -0.25) is 4.79 Å². The van der Waals surface area contributed by atoms with Gasteiger partial charge in [-0.1, -0.05) is 28.1 Å². The number of nitrogens with one attached hydrogen (secondary N) is 1. The minimum atomic E-state index is -0.608. The summed E-state index contributed by atoms with van der Waals surface area (Å²) in [4.78, 5) is 23.8. The molecular weight excluding hydrogens is 398 g/mol. The van der Waals surface area contributed by atoms with Crippen LogP contribution < -0.4 is 10.1 Å². The highest BCUT2D eigenvalue weighted by Crippen LogP contribution is 2.24. The first-order valence-electron chi connectivity index (χ1n) is 7.94. The van der Waals surface area contributed by atoms with Gasteiger partial charge in [0, 0.05) is 21.8 Å². The second kappa shape index (κ2) is 9.20. The summed E-state index contributed by atoms with van der Waals surface area (Å²) < 4.78 is 11.1. The lowest BCUT2D eigenvalue weighted by Crippen LogP contribution is -2.20. The van der Waals surface area contributed by atoms with Crippen LogP contribution in [0.1, 0.15) is 16.7 Å². The standard InChI is InChI=1S/C20H20BrNO4/c1-13-4-5-14(2)17(10-13)22-19(23)12-26-20(24)9-6-15-11-16(21)7-8-18(15)25-3/h4-11H,12H2,1-3H3,(H,22,23)/b9-6+. The van der Waals surface area contributed by atoms with Crippen LogP contribution >= 0.6 is 15.9 Å². The Hall–Kier alpha value is -2.60. The monoisotopic (exact) mass is 417 g/mol. The molecule has 2 rings (SSSR count). The minimum Gasteiger partial charge on any atom is -0.496 e. The number of hydrogen-bond donors (Lipinski definition) is 1. The van der Waals surface area contributed by atoms with E-state index in [1.165, 1.54) is 6.08 Å². The number of rotatable bonds is 6. The molecule has 0 atom stereocenters. The van der Waals surface area contributed by atoms with Crippen LogP contribution in [0.4, 0.5) is 5.69 Å². The van der Waals surface area contributed by atoms with E-state index in [-0.39, 0.29) is 12.5 Å². The molecule has 1 amide bonds. The SMILES string of the molecule is COc1ccc(Br)cc1/C=C/C(=O)OCC(=O)Nc1cc(C)ccc1C. The summed E-state index contributed by atoms with van der Waals surface area (Å²) in [7, 11) is 1.55. The van der Waals surface area contributed by atoms with Crippen molar-refractivity contribution >= 4 is 39.6 Å². The van der Waals surface area contributed by atoms with Gasteiger partial charge in [-0.05, 0) is 55.3 Å². The number of hydrogen-bond acceptors (Lipinski definition) is 4. The summed E-state index contributed by atoms with van der Waals surface area (Å²) in [5, 5.41) is 2.74. The fourth-order valence-corrected chi connectivity index (χ4v) is 2.61. The molecule has 0 aliphatic heterocycles. The van der Waals surface area contributed by atoms with Crippen molar-refractivity contribution < 1.29 is 19.1 Å². The van der Waals surface area contributed by atoms with Gasteiger partial charge in [0.2, 0.25) is 0 Å². The lowest BCUT2D eigenvalue weighted by molar-refractivity contribution is -0.142. The van der Waals surface area contributed by atoms with Gasteiger partial charge in [-0.15, -0.1) is 0 Å². The van der Waals surface area contributed by atoms with Crippen molar-refractivity contribution in [3.8, 4) is 5.75 Å². The lowest BCUT2D eigenvalue weighted by atomic mass is 10.1. The largest absolute Gasteiger partial charge is 0.496 e. The Morgan fingerprint density at radius 1 is 1.15 bits per heavy atom. The Morgan fingerprint density at radius 2 is 1.92 bits per heavy atom. The molecule has 0 bridgehead atoms. The fraction of sp³-hybridized carbons (Fsp3) is 0.200. The van der Waals surface area contributed by atoms with Crippen LogP contribution in [0, 0.1) is 13.8 Å². The molecule has 0 unspecified atom stereocenters. The number of aryl methyl sites for hydroxylation is 2. The Labute approximate surface area is 161 Å². The van der Waals surface area contributed by atoms with E-state index >= 15 is 0 Å². The van der Waals surface area contributed by atoms with Gasteiger partial charge in [-0.2, -0.15) is 0 Å². The summed E-state index contributed by atoms with van der Waals surface area (Å²) in [6.07, 6.45) is 2.84. The Kier molecular flexibility index (Phi) is 6.97. The number of benzene rings is 2. The number of amides is 1. The van der Waals surface area contributed by atoms with Crippen LogP contribution in [0.15, 0.2) is 46.9 Å². The zero-order chi connectivity index (χ0) is 19.1. The predicted octanol–water partition coefficient (Wildman–Crippen LogP) is 4.27. The Morgan fingerprint density at radius 3 is 2.65 bits per heavy atom. The van der Waals surface area contributed by atoms with Crippen molar-refractivity contribution in [2.45, 2.75) is 13.8 Å². The molecule has 0 aliphatic carbocycles. The minimum absolute atomic E-state index is 0.355. The van der Waals surface area contributed by atoms with E-state index in [0.29, 0.717) is 11.4 Å². The van der Waals surface area contributed by atoms with E-state index in [4.69, 9.17) is 9.47 Å². The van der Waals surface area contributed by atoms with Gasteiger partial charge in [0.1, 0.15) is 5.75 Å². The van der Waals surface area contributed by atoms with Crippen LogP contribution in [0.5, 0.6) is 5.75 Å². The average molecular weight is 418 g/mol. The number of carbonyl (C=O) groups excluding carboxylic acids is 2. The van der Waals surface area contributed by atoms with Crippen molar-refractivity contribution in [1.29, 1.82) is 0 Å². The normalized spacial score (nSPS) is 10.6. The third-order valence-electron chi connectivity index (χ3n) is 3.60. The second-order valence-corrected chi connectivity index (χ2v) is 6.61. The molecule has 1 N–H and O–H groups in total. The number of methoxy groups -OCH3 is 1. The molecule has 0 fully saturated rings. The summed E-state index contributed by atoms with van der Waals surface area (Å²) in [5.41, 5.74) is 3.41. The number of ether oxygens (including phenoxy) is 2. The quantitative estimate of drug-likeness (QED) is 0.562. The first-order valence-corrected chi connectivity index (χ1v) is 8.74. The maximum Gasteiger partial charge on any atom is 0.331 e. The molecule has 26 heavy (non-hydrogen) atoms. The average Bonchev–Trinajstić information content (AvgIpc) is 2.61. The van der Waals surface area contributed by atoms with E-state index < -0.39 is 5.97 Å². The van der Waals surface area contributed by atoms with Crippen molar-refractivity contribution in [2.75, 3.05) is 19.0 Å². The maximum atomic E-state index is 12.0. The summed E-state index contributed by atoms with van der Waals surface area (Å²) in [6.45, 7) is 3.48. The highest BCUT2D eigenvalue weighted by Gasteiger charge is 2.08. The Balaban J connectivity index is 1.91. The number of esters is 1. The third kappa shape index (κ3) is 5.74. The van der Waals surface area contributed by atoms with Gasteiger partial charge in [-0.25, -0.2) is 4.79 Å². The van der Waals surface area contributed by atoms with Crippen molar-refractivity contribution in [1.82, 2.24) is 0 Å². The molecule has 0 radical (unpaired) electrons. The van der Waals surface area contributed by atoms with Crippen LogP contribution in [-0.2, 0) is 14.3 Å². The number of anilines is 1. The van der Waals surface area contributed by atoms with Crippen molar-refractivity contribution in [3.63, 3.8) is 0 Å². The zero-order valence-corrected chi connectivity index (χ0v) is 16.4. The highest BCUT2D eigenvalue weighted by molar-refractivity contribution is 9.10. The molecule has 0 saturated carbocycles. The molecule has 2 aromatic carbocycles. The van der Waals surface area contributed by atoms with Crippen molar-refractivity contribution in [2.24, 2.45) is 0 Å². The summed E-state index contributed by atoms with van der Waals surface area (Å²) in [6, 6.07) is 11.2. The van der Waals surface area contributed by atoms with E-state index in [1.54, 1.807) is 19.3 Å². The molecule has 5 nitrogen and oxygen atoms in total. The molecule has 2 aromatic rings. The van der Waals surface area contributed by atoms with Gasteiger partial charge >= 0.3 is 5.97 Å². The van der Waals surface area contributed by atoms with Crippen LogP contribution in [-0.4, -0.2) is 25.6 Å². The van der Waals surface area contributed by atoms with E-state index in [1.807, 2.05) is 44.2 Å². The summed E-state index contributed by atoms with van der Waals surface area (Å²) in [5.74, 6) is -0.367. The number of halogens is 1. The topological polar surface area (TPSA) is 64.6 Å². The zero-order valence-electron chi connectivity index (χ0n) is 14.8. The second-order valence-electron chi connectivity index (χ2n) is 5.69. The molecule has 0 saturated heterocycles. The first-order chi connectivity index (χ1) is 12.4. The molecule has 0 heterocycles. The maximum absolute atomic E-state index is 12.0. The van der Waals surface area contributed by atoms with Gasteiger partial charge in [0.15, 0.2) is 6.61 Å². The van der Waals surface area contributed by atoms with Gasteiger partial charge in [0.05, 0.1) is 7.11 Å². The van der Waals surface area contributed by atoms with Crippen LogP contribution in [0.3, 0.4) is 0 Å². The molecule has 0 aliphatic rings. The smallest absolute Gasteiger partial charge is 0.331 e. The van der Waals surface area contributed by atoms with Crippen LogP contribution in [0.2, 0.25) is 0 Å². The lowest BCUT2D eigenvalue weighted by Gasteiger charge is -2.09. The first kappa shape index (κ1) is 19.7. The molecule has 136 valence electrons. The molecule has 6 heteroatoms. The number of carbonyl (C=O) groups is 2. The van der Waals surface area contributed by atoms with E-state index in [2.05, 4.69) is 21.2 Å². The van der Waals surface area contributed by atoms with Gasteiger partial charge in [0.25, 0.3) is 5.91 Å². The summed E-state index contributed by atoms with van der Waals surface area (Å²) >= 11 is 3.37. The fourth-order valence-electron chi connectivity index (χ4n) is 2.23.